The van der Waals surface area contributed by atoms with Gasteiger partial charge in [0.15, 0.2) is 9.84 Å². The maximum atomic E-state index is 12.8. The van der Waals surface area contributed by atoms with Crippen LogP contribution in [0, 0.1) is 5.41 Å². The molecule has 0 heterocycles. The lowest BCUT2D eigenvalue weighted by Crippen LogP contribution is -2.54. The Morgan fingerprint density at radius 1 is 1.25 bits per heavy atom. The summed E-state index contributed by atoms with van der Waals surface area (Å²) in [5.41, 5.74) is 0.909. The summed E-state index contributed by atoms with van der Waals surface area (Å²) in [4.78, 5) is 0. The number of hydrogen-bond donors (Lipinski definition) is 1. The van der Waals surface area contributed by atoms with E-state index in [9.17, 15) is 8.42 Å². The number of sulfone groups is 1. The zero-order valence-corrected chi connectivity index (χ0v) is 13.4. The van der Waals surface area contributed by atoms with E-state index in [4.69, 9.17) is 0 Å². The van der Waals surface area contributed by atoms with Gasteiger partial charge in [-0.2, -0.15) is 0 Å². The van der Waals surface area contributed by atoms with E-state index < -0.39 is 9.84 Å². The predicted octanol–water partition coefficient (Wildman–Crippen LogP) is 2.77. The molecule has 0 aliphatic heterocycles. The largest absolute Gasteiger partial charge is 0.315 e. The van der Waals surface area contributed by atoms with Crippen molar-refractivity contribution in [3.8, 4) is 0 Å². The highest BCUT2D eigenvalue weighted by molar-refractivity contribution is 7.91. The van der Waals surface area contributed by atoms with Gasteiger partial charge in [-0.05, 0) is 30.9 Å². The molecule has 1 aromatic rings. The van der Waals surface area contributed by atoms with Crippen LogP contribution in [0.25, 0.3) is 0 Å². The fraction of sp³-hybridized carbons (Fsp3) is 0.625. The first-order valence-electron chi connectivity index (χ1n) is 7.29. The van der Waals surface area contributed by atoms with Crippen molar-refractivity contribution in [3.05, 3.63) is 35.9 Å². The van der Waals surface area contributed by atoms with E-state index in [0.717, 1.165) is 24.8 Å². The molecule has 0 aromatic heterocycles. The highest BCUT2D eigenvalue weighted by Gasteiger charge is 2.43. The average Bonchev–Trinajstić information content (AvgIpc) is 2.38. The van der Waals surface area contributed by atoms with Crippen molar-refractivity contribution in [1.82, 2.24) is 5.32 Å². The molecule has 2 rings (SSSR count). The minimum atomic E-state index is -3.13. The van der Waals surface area contributed by atoms with Crippen molar-refractivity contribution in [2.75, 3.05) is 7.05 Å². The third-order valence-electron chi connectivity index (χ3n) is 4.51. The molecule has 0 amide bonds. The summed E-state index contributed by atoms with van der Waals surface area (Å²) in [7, 11) is -1.25. The second-order valence-electron chi connectivity index (χ2n) is 6.48. The lowest BCUT2D eigenvalue weighted by molar-refractivity contribution is 0.178. The number of rotatable bonds is 4. The summed E-state index contributed by atoms with van der Waals surface area (Å²) in [6, 6.07) is 9.51. The Labute approximate surface area is 122 Å². The molecule has 2 atom stereocenters. The average molecular weight is 295 g/mol. The zero-order valence-electron chi connectivity index (χ0n) is 12.6. The van der Waals surface area contributed by atoms with Gasteiger partial charge < -0.3 is 5.32 Å². The first kappa shape index (κ1) is 15.5. The molecule has 1 saturated carbocycles. The summed E-state index contributed by atoms with van der Waals surface area (Å²) in [5.74, 6) is 0.146. The van der Waals surface area contributed by atoms with Crippen LogP contribution in [0.1, 0.15) is 38.7 Å². The zero-order chi connectivity index (χ0) is 14.8. The van der Waals surface area contributed by atoms with E-state index in [1.165, 1.54) is 0 Å². The number of hydrogen-bond acceptors (Lipinski definition) is 3. The van der Waals surface area contributed by atoms with Crippen LogP contribution in [-0.2, 0) is 15.6 Å². The van der Waals surface area contributed by atoms with Crippen molar-refractivity contribution in [3.63, 3.8) is 0 Å². The minimum absolute atomic E-state index is 0.0292. The molecule has 4 heteroatoms. The molecule has 2 unspecified atom stereocenters. The van der Waals surface area contributed by atoms with Gasteiger partial charge in [-0.1, -0.05) is 50.6 Å². The highest BCUT2D eigenvalue weighted by atomic mass is 32.2. The Morgan fingerprint density at radius 3 is 2.50 bits per heavy atom. The molecular weight excluding hydrogens is 270 g/mol. The lowest BCUT2D eigenvalue weighted by Gasteiger charge is -2.43. The summed E-state index contributed by atoms with van der Waals surface area (Å²) in [5, 5.41) is 2.98. The molecule has 0 bridgehead atoms. The summed E-state index contributed by atoms with van der Waals surface area (Å²) >= 11 is 0. The number of nitrogens with one attached hydrogen (secondary N) is 1. The van der Waals surface area contributed by atoms with Crippen molar-refractivity contribution < 1.29 is 8.42 Å². The molecule has 0 saturated heterocycles. The predicted molar refractivity (Wildman–Crippen MR) is 83.3 cm³/mol. The first-order valence-corrected chi connectivity index (χ1v) is 9.01. The van der Waals surface area contributed by atoms with Gasteiger partial charge in [-0.3, -0.25) is 0 Å². The van der Waals surface area contributed by atoms with Gasteiger partial charge in [0.1, 0.15) is 0 Å². The molecule has 1 N–H and O–H groups in total. The van der Waals surface area contributed by atoms with E-state index in [2.05, 4.69) is 19.2 Å². The van der Waals surface area contributed by atoms with Gasteiger partial charge in [0, 0.05) is 6.04 Å². The van der Waals surface area contributed by atoms with Crippen LogP contribution in [0.4, 0.5) is 0 Å². The molecule has 20 heavy (non-hydrogen) atoms. The quantitative estimate of drug-likeness (QED) is 0.929. The molecule has 1 fully saturated rings. The first-order chi connectivity index (χ1) is 9.37. The Bertz CT molecular complexity index is 537. The molecule has 1 aliphatic carbocycles. The smallest absolute Gasteiger partial charge is 0.158 e. The molecule has 3 nitrogen and oxygen atoms in total. The van der Waals surface area contributed by atoms with Crippen LogP contribution in [-0.4, -0.2) is 26.8 Å². The van der Waals surface area contributed by atoms with E-state index >= 15 is 0 Å². The van der Waals surface area contributed by atoms with Crippen LogP contribution in [0.2, 0.25) is 0 Å². The molecule has 0 spiro atoms. The van der Waals surface area contributed by atoms with E-state index in [1.807, 2.05) is 37.4 Å². The van der Waals surface area contributed by atoms with Crippen LogP contribution >= 0.6 is 0 Å². The monoisotopic (exact) mass is 295 g/mol. The SMILES string of the molecule is CNC1C(S(=O)(=O)Cc2ccccc2)CCCC1(C)C. The van der Waals surface area contributed by atoms with Gasteiger partial charge in [0.2, 0.25) is 0 Å². The maximum absolute atomic E-state index is 12.8. The standard InChI is InChI=1S/C16H25NO2S/c1-16(2)11-7-10-14(15(16)17-3)20(18,19)12-13-8-5-4-6-9-13/h4-6,8-9,14-15,17H,7,10-12H2,1-3H3. The Balaban J connectivity index is 2.24. The number of benzene rings is 1. The van der Waals surface area contributed by atoms with Crippen molar-refractivity contribution in [2.45, 2.75) is 50.2 Å². The van der Waals surface area contributed by atoms with E-state index in [1.54, 1.807) is 0 Å². The highest BCUT2D eigenvalue weighted by Crippen LogP contribution is 2.39. The van der Waals surface area contributed by atoms with Crippen molar-refractivity contribution >= 4 is 9.84 Å². The van der Waals surface area contributed by atoms with Crippen LogP contribution in [0.3, 0.4) is 0 Å². The molecule has 1 aliphatic rings. The minimum Gasteiger partial charge on any atom is -0.315 e. The fourth-order valence-corrected chi connectivity index (χ4v) is 5.78. The topological polar surface area (TPSA) is 46.2 Å². The molecule has 0 radical (unpaired) electrons. The molecular formula is C16H25NO2S. The summed E-state index contributed by atoms with van der Waals surface area (Å²) in [6.45, 7) is 4.33. The molecule has 112 valence electrons. The van der Waals surface area contributed by atoms with Crippen LogP contribution in [0.5, 0.6) is 0 Å². The van der Waals surface area contributed by atoms with Crippen LogP contribution < -0.4 is 5.32 Å². The Kier molecular flexibility index (Phi) is 4.55. The lowest BCUT2D eigenvalue weighted by atomic mass is 9.73. The normalized spacial score (nSPS) is 26.4. The van der Waals surface area contributed by atoms with Crippen LogP contribution in [0.15, 0.2) is 30.3 Å². The third-order valence-corrected chi connectivity index (χ3v) is 6.67. The van der Waals surface area contributed by atoms with Crippen molar-refractivity contribution in [2.24, 2.45) is 5.41 Å². The van der Waals surface area contributed by atoms with Crippen molar-refractivity contribution in [1.29, 1.82) is 0 Å². The summed E-state index contributed by atoms with van der Waals surface area (Å²) in [6.07, 6.45) is 2.84. The van der Waals surface area contributed by atoms with E-state index in [0.29, 0.717) is 0 Å². The fourth-order valence-electron chi connectivity index (χ4n) is 3.46. The third kappa shape index (κ3) is 3.23. The molecule has 1 aromatic carbocycles. The van der Waals surface area contributed by atoms with E-state index in [-0.39, 0.29) is 22.5 Å². The van der Waals surface area contributed by atoms with Gasteiger partial charge >= 0.3 is 0 Å². The van der Waals surface area contributed by atoms with Gasteiger partial charge in [0.25, 0.3) is 0 Å². The van der Waals surface area contributed by atoms with Gasteiger partial charge in [-0.15, -0.1) is 0 Å². The van der Waals surface area contributed by atoms with Gasteiger partial charge in [-0.25, -0.2) is 8.42 Å². The Hall–Kier alpha value is -0.870. The van der Waals surface area contributed by atoms with Gasteiger partial charge in [0.05, 0.1) is 11.0 Å². The maximum Gasteiger partial charge on any atom is 0.158 e. The summed E-state index contributed by atoms with van der Waals surface area (Å²) < 4.78 is 25.5. The second-order valence-corrected chi connectivity index (χ2v) is 8.70. The second kappa shape index (κ2) is 5.86. The Morgan fingerprint density at radius 2 is 1.90 bits per heavy atom.